The Balaban J connectivity index is 1.09. The fraction of sp³-hybridized carbons (Fsp3) is 0.458. The number of hydrogen-bond acceptors (Lipinski definition) is 5. The van der Waals surface area contributed by atoms with Crippen LogP contribution in [0.3, 0.4) is 0 Å². The third-order valence-corrected chi connectivity index (χ3v) is 7.84. The fourth-order valence-corrected chi connectivity index (χ4v) is 5.72. The van der Waals surface area contributed by atoms with E-state index in [0.29, 0.717) is 5.41 Å². The van der Waals surface area contributed by atoms with Gasteiger partial charge in [-0.3, -0.25) is 4.98 Å². The van der Waals surface area contributed by atoms with Crippen LogP contribution in [0, 0.1) is 12.3 Å². The maximum Gasteiger partial charge on any atom is 0.191 e. The Morgan fingerprint density at radius 3 is 2.83 bits per heavy atom. The van der Waals surface area contributed by atoms with E-state index >= 15 is 0 Å². The van der Waals surface area contributed by atoms with Gasteiger partial charge in [0.15, 0.2) is 11.0 Å². The molecule has 5 rings (SSSR count). The first-order chi connectivity index (χ1) is 14.6. The quantitative estimate of drug-likeness (QED) is 0.415. The molecule has 1 spiro atoms. The van der Waals surface area contributed by atoms with E-state index in [1.807, 2.05) is 25.4 Å². The normalized spacial score (nSPS) is 23.3. The van der Waals surface area contributed by atoms with Crippen LogP contribution in [-0.2, 0) is 7.05 Å². The zero-order chi connectivity index (χ0) is 20.6. The number of hydrogen-bond donors (Lipinski definition) is 0. The van der Waals surface area contributed by atoms with Crippen LogP contribution in [0.15, 0.2) is 53.9 Å². The molecule has 3 aromatic rings. The van der Waals surface area contributed by atoms with Gasteiger partial charge >= 0.3 is 0 Å². The lowest BCUT2D eigenvalue weighted by Gasteiger charge is -2.16. The van der Waals surface area contributed by atoms with Gasteiger partial charge in [0.1, 0.15) is 0 Å². The molecule has 0 unspecified atom stereocenters. The van der Waals surface area contributed by atoms with Gasteiger partial charge in [-0.2, -0.15) is 0 Å². The van der Waals surface area contributed by atoms with Crippen LogP contribution in [0.1, 0.15) is 36.3 Å². The van der Waals surface area contributed by atoms with Crippen molar-refractivity contribution in [2.75, 3.05) is 25.4 Å². The molecule has 0 radical (unpaired) electrons. The van der Waals surface area contributed by atoms with Gasteiger partial charge in [0.2, 0.25) is 0 Å². The van der Waals surface area contributed by atoms with Crippen molar-refractivity contribution in [3.05, 3.63) is 59.9 Å². The van der Waals surface area contributed by atoms with Crippen LogP contribution < -0.4 is 0 Å². The van der Waals surface area contributed by atoms with E-state index in [4.69, 9.17) is 0 Å². The van der Waals surface area contributed by atoms with Crippen LogP contribution in [0.5, 0.6) is 0 Å². The van der Waals surface area contributed by atoms with Crippen molar-refractivity contribution < 1.29 is 0 Å². The van der Waals surface area contributed by atoms with E-state index in [-0.39, 0.29) is 0 Å². The molecule has 6 heteroatoms. The second-order valence-electron chi connectivity index (χ2n) is 8.86. The SMILES string of the molecule is Cc1ccc([C@H]2C[C@]23CCN(CCCSc2nnc(-c4cccnc4)n2C)C3)cc1. The Labute approximate surface area is 182 Å². The minimum atomic E-state index is 0.560. The highest BCUT2D eigenvalue weighted by Crippen LogP contribution is 2.64. The number of aryl methyl sites for hydroxylation is 1. The molecule has 2 atom stereocenters. The highest BCUT2D eigenvalue weighted by molar-refractivity contribution is 7.99. The van der Waals surface area contributed by atoms with Crippen LogP contribution in [0.4, 0.5) is 0 Å². The Morgan fingerprint density at radius 1 is 1.17 bits per heavy atom. The standard InChI is InChI=1S/C24H29N5S/c1-18-6-8-19(9-7-18)21-15-24(21)10-13-29(17-24)12-4-14-30-23-27-26-22(28(23)2)20-5-3-11-25-16-20/h3,5-9,11,16,21H,4,10,12-15,17H2,1-2H3/t21-,24+/m1/s1. The van der Waals surface area contributed by atoms with Crippen LogP contribution in [0.2, 0.25) is 0 Å². The molecular weight excluding hydrogens is 390 g/mol. The van der Waals surface area contributed by atoms with E-state index in [0.717, 1.165) is 28.2 Å². The molecule has 156 valence electrons. The zero-order valence-electron chi connectivity index (χ0n) is 17.8. The maximum absolute atomic E-state index is 4.38. The lowest BCUT2D eigenvalue weighted by molar-refractivity contribution is 0.319. The number of rotatable bonds is 7. The molecule has 1 aliphatic heterocycles. The molecule has 30 heavy (non-hydrogen) atoms. The summed E-state index contributed by atoms with van der Waals surface area (Å²) in [6, 6.07) is 13.2. The molecule has 1 aromatic carbocycles. The summed E-state index contributed by atoms with van der Waals surface area (Å²) < 4.78 is 2.07. The first-order valence-corrected chi connectivity index (χ1v) is 11.8. The summed E-state index contributed by atoms with van der Waals surface area (Å²) in [5.41, 5.74) is 4.47. The van der Waals surface area contributed by atoms with E-state index in [1.165, 1.54) is 44.5 Å². The van der Waals surface area contributed by atoms with Gasteiger partial charge in [-0.1, -0.05) is 41.6 Å². The van der Waals surface area contributed by atoms with E-state index in [9.17, 15) is 0 Å². The highest BCUT2D eigenvalue weighted by Gasteiger charge is 2.57. The Bertz CT molecular complexity index is 1000. The van der Waals surface area contributed by atoms with Crippen LogP contribution in [-0.4, -0.2) is 50.0 Å². The molecular formula is C24H29N5S. The Hall–Kier alpha value is -2.18. The summed E-state index contributed by atoms with van der Waals surface area (Å²) in [7, 11) is 2.03. The van der Waals surface area contributed by atoms with Crippen LogP contribution in [0.25, 0.3) is 11.4 Å². The van der Waals surface area contributed by atoms with Gasteiger partial charge in [-0.15, -0.1) is 10.2 Å². The Morgan fingerprint density at radius 2 is 2.03 bits per heavy atom. The van der Waals surface area contributed by atoms with E-state index in [2.05, 4.69) is 55.8 Å². The number of nitrogens with zero attached hydrogens (tertiary/aromatic N) is 5. The predicted octanol–water partition coefficient (Wildman–Crippen LogP) is 4.55. The number of benzene rings is 1. The van der Waals surface area contributed by atoms with Gasteiger partial charge in [0.05, 0.1) is 0 Å². The van der Waals surface area contributed by atoms with Gasteiger partial charge in [0.25, 0.3) is 0 Å². The van der Waals surface area contributed by atoms with Gasteiger partial charge in [0, 0.05) is 37.3 Å². The van der Waals surface area contributed by atoms with E-state index in [1.54, 1.807) is 23.5 Å². The summed E-state index contributed by atoms with van der Waals surface area (Å²) in [6.45, 7) is 5.87. The molecule has 1 saturated heterocycles. The summed E-state index contributed by atoms with van der Waals surface area (Å²) in [5.74, 6) is 2.73. The third kappa shape index (κ3) is 3.91. The molecule has 0 amide bonds. The number of aromatic nitrogens is 4. The fourth-order valence-electron chi connectivity index (χ4n) is 4.88. The number of likely N-dealkylation sites (tertiary alicyclic amines) is 1. The van der Waals surface area contributed by atoms with Crippen molar-refractivity contribution in [2.45, 2.75) is 37.3 Å². The average Bonchev–Trinajstić information content (AvgIpc) is 3.11. The Kier molecular flexibility index (Phi) is 5.37. The summed E-state index contributed by atoms with van der Waals surface area (Å²) in [4.78, 5) is 6.86. The lowest BCUT2D eigenvalue weighted by Crippen LogP contribution is -2.23. The number of pyridine rings is 1. The molecule has 3 heterocycles. The van der Waals surface area contributed by atoms with Crippen molar-refractivity contribution >= 4 is 11.8 Å². The van der Waals surface area contributed by atoms with E-state index < -0.39 is 0 Å². The topological polar surface area (TPSA) is 46.8 Å². The second-order valence-corrected chi connectivity index (χ2v) is 9.93. The van der Waals surface area contributed by atoms with Crippen molar-refractivity contribution in [3.8, 4) is 11.4 Å². The zero-order valence-corrected chi connectivity index (χ0v) is 18.6. The van der Waals surface area contributed by atoms with Crippen molar-refractivity contribution in [2.24, 2.45) is 12.5 Å². The molecule has 0 N–H and O–H groups in total. The lowest BCUT2D eigenvalue weighted by atomic mass is 9.98. The van der Waals surface area contributed by atoms with Crippen LogP contribution >= 0.6 is 11.8 Å². The maximum atomic E-state index is 4.38. The van der Waals surface area contributed by atoms with Gasteiger partial charge in [-0.05, 0) is 68.3 Å². The predicted molar refractivity (Wildman–Crippen MR) is 122 cm³/mol. The van der Waals surface area contributed by atoms with Gasteiger partial charge in [-0.25, -0.2) is 0 Å². The first kappa shape index (κ1) is 19.8. The largest absolute Gasteiger partial charge is 0.305 e. The highest BCUT2D eigenvalue weighted by atomic mass is 32.2. The molecule has 2 aromatic heterocycles. The number of thioether (sulfide) groups is 1. The summed E-state index contributed by atoms with van der Waals surface area (Å²) >= 11 is 1.80. The average molecular weight is 420 g/mol. The summed E-state index contributed by atoms with van der Waals surface area (Å²) in [6.07, 6.45) is 7.53. The smallest absolute Gasteiger partial charge is 0.191 e. The molecule has 1 saturated carbocycles. The molecule has 5 nitrogen and oxygen atoms in total. The van der Waals surface area contributed by atoms with Crippen molar-refractivity contribution in [3.63, 3.8) is 0 Å². The molecule has 2 aliphatic rings. The molecule has 2 fully saturated rings. The van der Waals surface area contributed by atoms with Gasteiger partial charge < -0.3 is 9.47 Å². The third-order valence-electron chi connectivity index (χ3n) is 6.74. The summed E-state index contributed by atoms with van der Waals surface area (Å²) in [5, 5.41) is 9.71. The minimum Gasteiger partial charge on any atom is -0.305 e. The van der Waals surface area contributed by atoms with Crippen molar-refractivity contribution in [1.29, 1.82) is 0 Å². The second kappa shape index (κ2) is 8.16. The monoisotopic (exact) mass is 419 g/mol. The molecule has 0 bridgehead atoms. The minimum absolute atomic E-state index is 0.560. The van der Waals surface area contributed by atoms with Crippen molar-refractivity contribution in [1.82, 2.24) is 24.6 Å². The molecule has 1 aliphatic carbocycles. The first-order valence-electron chi connectivity index (χ1n) is 10.9.